The normalized spacial score (nSPS) is 12.4. The summed E-state index contributed by atoms with van der Waals surface area (Å²) in [6, 6.07) is -0.683. The molecule has 0 aliphatic carbocycles. The van der Waals surface area contributed by atoms with Crippen molar-refractivity contribution in [3.63, 3.8) is 0 Å². The highest BCUT2D eigenvalue weighted by Gasteiger charge is 2.13. The Morgan fingerprint density at radius 2 is 1.94 bits per heavy atom. The number of nitrogens with one attached hydrogen (secondary N) is 2. The number of carbonyl (C=O) groups excluding carboxylic acids is 2. The van der Waals surface area contributed by atoms with Crippen LogP contribution >= 0.6 is 0 Å². The molecular formula is C10H16N2O4. The van der Waals surface area contributed by atoms with Gasteiger partial charge in [-0.3, -0.25) is 14.4 Å². The molecule has 0 fully saturated rings. The Kier molecular flexibility index (Phi) is 6.78. The molecule has 0 saturated heterocycles. The van der Waals surface area contributed by atoms with Crippen molar-refractivity contribution in [1.29, 1.82) is 0 Å². The van der Waals surface area contributed by atoms with Gasteiger partial charge in [0.25, 0.3) is 0 Å². The van der Waals surface area contributed by atoms with Crippen LogP contribution in [0, 0.1) is 0 Å². The minimum absolute atomic E-state index is 0.214. The second-order valence-corrected chi connectivity index (χ2v) is 3.20. The lowest BCUT2D eigenvalue weighted by Gasteiger charge is -2.10. The molecule has 90 valence electrons. The zero-order valence-electron chi connectivity index (χ0n) is 9.32. The molecule has 0 bridgehead atoms. The van der Waals surface area contributed by atoms with Crippen LogP contribution in [0.25, 0.3) is 0 Å². The van der Waals surface area contributed by atoms with E-state index in [1.165, 1.54) is 14.0 Å². The van der Waals surface area contributed by atoms with Crippen LogP contribution in [0.4, 0.5) is 0 Å². The smallest absolute Gasteiger partial charge is 0.320 e. The van der Waals surface area contributed by atoms with Gasteiger partial charge in [0.15, 0.2) is 5.78 Å². The summed E-state index contributed by atoms with van der Waals surface area (Å²) in [4.78, 5) is 32.2. The van der Waals surface area contributed by atoms with Crippen molar-refractivity contribution in [1.82, 2.24) is 10.6 Å². The van der Waals surface area contributed by atoms with Gasteiger partial charge in [0.2, 0.25) is 5.91 Å². The molecule has 0 heterocycles. The lowest BCUT2D eigenvalue weighted by molar-refractivity contribution is -0.139. The van der Waals surface area contributed by atoms with Gasteiger partial charge in [-0.05, 0) is 26.5 Å². The molecule has 6 heteroatoms. The first-order chi connectivity index (χ1) is 7.47. The van der Waals surface area contributed by atoms with Crippen LogP contribution in [-0.4, -0.2) is 42.4 Å². The van der Waals surface area contributed by atoms with Crippen molar-refractivity contribution < 1.29 is 19.5 Å². The molecule has 3 N–H and O–H groups in total. The second kappa shape index (κ2) is 7.58. The topological polar surface area (TPSA) is 95.5 Å². The maximum absolute atomic E-state index is 11.1. The standard InChI is InChI=1S/C10H16N2O4/c1-7(13)3-4-9(14)12-6-5-8(11-2)10(15)16/h3-4,8,11H,5-6H2,1-2H3,(H,12,14)(H,15,16)/b4-3+/t8-/m0/s1. The third-order valence-corrected chi connectivity index (χ3v) is 1.85. The van der Waals surface area contributed by atoms with Gasteiger partial charge in [0.05, 0.1) is 0 Å². The average Bonchev–Trinajstić information content (AvgIpc) is 2.20. The van der Waals surface area contributed by atoms with Gasteiger partial charge in [0.1, 0.15) is 6.04 Å². The van der Waals surface area contributed by atoms with E-state index >= 15 is 0 Å². The van der Waals surface area contributed by atoms with Gasteiger partial charge >= 0.3 is 5.97 Å². The fourth-order valence-corrected chi connectivity index (χ4v) is 0.983. The third-order valence-electron chi connectivity index (χ3n) is 1.85. The van der Waals surface area contributed by atoms with E-state index in [1.807, 2.05) is 0 Å². The summed E-state index contributed by atoms with van der Waals surface area (Å²) >= 11 is 0. The molecule has 0 aromatic heterocycles. The maximum atomic E-state index is 11.1. The van der Waals surface area contributed by atoms with Crippen LogP contribution in [0.15, 0.2) is 12.2 Å². The average molecular weight is 228 g/mol. The molecule has 1 amide bonds. The first kappa shape index (κ1) is 14.3. The molecule has 1 atom stereocenters. The molecule has 6 nitrogen and oxygen atoms in total. The van der Waals surface area contributed by atoms with Gasteiger partial charge in [-0.2, -0.15) is 0 Å². The number of hydrogen-bond acceptors (Lipinski definition) is 4. The van der Waals surface area contributed by atoms with E-state index in [-0.39, 0.29) is 18.7 Å². The first-order valence-corrected chi connectivity index (χ1v) is 4.84. The number of amides is 1. The Labute approximate surface area is 93.7 Å². The second-order valence-electron chi connectivity index (χ2n) is 3.20. The Morgan fingerprint density at radius 3 is 2.38 bits per heavy atom. The Hall–Kier alpha value is -1.69. The number of rotatable bonds is 7. The molecule has 0 rings (SSSR count). The summed E-state index contributed by atoms with van der Waals surface area (Å²) in [5.74, 6) is -1.58. The maximum Gasteiger partial charge on any atom is 0.320 e. The highest BCUT2D eigenvalue weighted by molar-refractivity contribution is 5.96. The summed E-state index contributed by atoms with van der Waals surface area (Å²) in [5.41, 5.74) is 0. The number of carbonyl (C=O) groups is 3. The predicted molar refractivity (Wildman–Crippen MR) is 57.9 cm³/mol. The summed E-state index contributed by atoms with van der Waals surface area (Å²) in [5, 5.41) is 13.8. The number of likely N-dealkylation sites (N-methyl/N-ethyl adjacent to an activating group) is 1. The van der Waals surface area contributed by atoms with Gasteiger partial charge in [-0.15, -0.1) is 0 Å². The quantitative estimate of drug-likeness (QED) is 0.501. The summed E-state index contributed by atoms with van der Waals surface area (Å²) in [6.07, 6.45) is 2.56. The number of carboxylic acid groups (broad SMARTS) is 1. The van der Waals surface area contributed by atoms with Gasteiger partial charge in [-0.1, -0.05) is 0 Å². The summed E-state index contributed by atoms with van der Waals surface area (Å²) in [6.45, 7) is 1.57. The monoisotopic (exact) mass is 228 g/mol. The van der Waals surface area contributed by atoms with Crippen LogP contribution in [0.1, 0.15) is 13.3 Å². The van der Waals surface area contributed by atoms with Crippen LogP contribution in [-0.2, 0) is 14.4 Å². The van der Waals surface area contributed by atoms with E-state index in [9.17, 15) is 14.4 Å². The Balaban J connectivity index is 3.85. The highest BCUT2D eigenvalue weighted by atomic mass is 16.4. The van der Waals surface area contributed by atoms with Crippen molar-refractivity contribution in [3.8, 4) is 0 Å². The van der Waals surface area contributed by atoms with Crippen molar-refractivity contribution in [3.05, 3.63) is 12.2 Å². The largest absolute Gasteiger partial charge is 0.480 e. The third kappa shape index (κ3) is 6.72. The first-order valence-electron chi connectivity index (χ1n) is 4.84. The lowest BCUT2D eigenvalue weighted by atomic mass is 10.2. The van der Waals surface area contributed by atoms with Crippen LogP contribution in [0.2, 0.25) is 0 Å². The summed E-state index contributed by atoms with van der Waals surface area (Å²) < 4.78 is 0. The number of allylic oxidation sites excluding steroid dienone is 1. The molecule has 0 saturated carbocycles. The molecule has 0 spiro atoms. The van der Waals surface area contributed by atoms with Gasteiger partial charge in [-0.25, -0.2) is 0 Å². The van der Waals surface area contributed by atoms with Crippen LogP contribution < -0.4 is 10.6 Å². The molecule has 0 aromatic carbocycles. The molecule has 0 aliphatic heterocycles. The van der Waals surface area contributed by atoms with Crippen molar-refractivity contribution in [2.75, 3.05) is 13.6 Å². The molecule has 16 heavy (non-hydrogen) atoms. The van der Waals surface area contributed by atoms with Crippen molar-refractivity contribution >= 4 is 17.7 Å². The number of carboxylic acids is 1. The molecular weight excluding hydrogens is 212 g/mol. The molecule has 0 unspecified atom stereocenters. The molecule has 0 radical (unpaired) electrons. The minimum atomic E-state index is -0.962. The number of hydrogen-bond donors (Lipinski definition) is 3. The van der Waals surface area contributed by atoms with E-state index < -0.39 is 17.9 Å². The minimum Gasteiger partial charge on any atom is -0.480 e. The molecule has 0 aromatic rings. The molecule has 0 aliphatic rings. The fourth-order valence-electron chi connectivity index (χ4n) is 0.983. The van der Waals surface area contributed by atoms with E-state index in [0.29, 0.717) is 0 Å². The number of ketones is 1. The van der Waals surface area contributed by atoms with Gasteiger partial charge < -0.3 is 15.7 Å². The zero-order chi connectivity index (χ0) is 12.6. The van der Waals surface area contributed by atoms with Crippen molar-refractivity contribution in [2.45, 2.75) is 19.4 Å². The Bertz CT molecular complexity index is 299. The summed E-state index contributed by atoms with van der Waals surface area (Å²) in [7, 11) is 1.54. The van der Waals surface area contributed by atoms with Gasteiger partial charge in [0, 0.05) is 12.6 Å². The fraction of sp³-hybridized carbons (Fsp3) is 0.500. The van der Waals surface area contributed by atoms with Crippen LogP contribution in [0.3, 0.4) is 0 Å². The Morgan fingerprint density at radius 1 is 1.31 bits per heavy atom. The van der Waals surface area contributed by atoms with E-state index in [1.54, 1.807) is 0 Å². The highest BCUT2D eigenvalue weighted by Crippen LogP contribution is 1.89. The predicted octanol–water partition coefficient (Wildman–Crippen LogP) is -0.689. The zero-order valence-corrected chi connectivity index (χ0v) is 9.32. The van der Waals surface area contributed by atoms with Crippen molar-refractivity contribution in [2.24, 2.45) is 0 Å². The van der Waals surface area contributed by atoms with E-state index in [2.05, 4.69) is 10.6 Å². The van der Waals surface area contributed by atoms with E-state index in [0.717, 1.165) is 12.2 Å². The number of aliphatic carboxylic acids is 1. The van der Waals surface area contributed by atoms with E-state index in [4.69, 9.17) is 5.11 Å². The SMILES string of the molecule is CN[C@@H](CCNC(=O)/C=C/C(C)=O)C(=O)O. The van der Waals surface area contributed by atoms with Crippen LogP contribution in [0.5, 0.6) is 0 Å². The lowest BCUT2D eigenvalue weighted by Crippen LogP contribution is -2.37.